The molecule has 0 radical (unpaired) electrons. The van der Waals surface area contributed by atoms with E-state index < -0.39 is 5.97 Å². The molecule has 5 nitrogen and oxygen atoms in total. The molecule has 1 aromatic rings. The lowest BCUT2D eigenvalue weighted by molar-refractivity contribution is -0.137. The first-order valence-electron chi connectivity index (χ1n) is 6.01. The van der Waals surface area contributed by atoms with E-state index in [0.717, 1.165) is 24.3 Å². The van der Waals surface area contributed by atoms with Crippen LogP contribution >= 0.6 is 0 Å². The Hall–Kier alpha value is -1.88. The summed E-state index contributed by atoms with van der Waals surface area (Å²) < 4.78 is 0. The van der Waals surface area contributed by atoms with E-state index in [4.69, 9.17) is 10.8 Å². The molecule has 1 atom stereocenters. The van der Waals surface area contributed by atoms with Crippen molar-refractivity contribution in [1.29, 1.82) is 0 Å². The van der Waals surface area contributed by atoms with Crippen molar-refractivity contribution in [2.24, 2.45) is 10.7 Å². The van der Waals surface area contributed by atoms with Gasteiger partial charge in [-0.1, -0.05) is 12.1 Å². The van der Waals surface area contributed by atoms with Crippen molar-refractivity contribution >= 4 is 18.0 Å². The van der Waals surface area contributed by atoms with E-state index >= 15 is 0 Å². The normalized spacial score (nSPS) is 15.9. The maximum absolute atomic E-state index is 10.5. The third kappa shape index (κ3) is 3.07. The van der Waals surface area contributed by atoms with Gasteiger partial charge in [0.15, 0.2) is 0 Å². The number of carbonyl (C=O) groups is 1. The number of carboxylic acid groups (broad SMARTS) is 1. The SMILES string of the molecule is NC(CCC(=O)O)c1cccc(N2C=NCC2)c1. The van der Waals surface area contributed by atoms with Crippen LogP contribution in [0.25, 0.3) is 0 Å². The van der Waals surface area contributed by atoms with Crippen molar-refractivity contribution in [2.75, 3.05) is 18.0 Å². The second-order valence-corrected chi connectivity index (χ2v) is 4.35. The number of nitrogens with two attached hydrogens (primary N) is 1. The van der Waals surface area contributed by atoms with Crippen LogP contribution in [0.15, 0.2) is 29.3 Å². The molecule has 1 aromatic carbocycles. The first kappa shape index (κ1) is 12.6. The third-order valence-electron chi connectivity index (χ3n) is 2.99. The summed E-state index contributed by atoms with van der Waals surface area (Å²) in [5.41, 5.74) is 8.02. The van der Waals surface area contributed by atoms with Crippen LogP contribution in [0.3, 0.4) is 0 Å². The highest BCUT2D eigenvalue weighted by Crippen LogP contribution is 2.22. The van der Waals surface area contributed by atoms with Gasteiger partial charge in [-0.05, 0) is 24.1 Å². The fourth-order valence-corrected chi connectivity index (χ4v) is 1.95. The van der Waals surface area contributed by atoms with Gasteiger partial charge in [0.05, 0.1) is 12.9 Å². The number of anilines is 1. The van der Waals surface area contributed by atoms with Crippen molar-refractivity contribution in [3.05, 3.63) is 29.8 Å². The Balaban J connectivity index is 2.06. The Kier molecular flexibility index (Phi) is 3.94. The minimum Gasteiger partial charge on any atom is -0.481 e. The molecule has 5 heteroatoms. The monoisotopic (exact) mass is 247 g/mol. The molecule has 0 aromatic heterocycles. The van der Waals surface area contributed by atoms with E-state index in [2.05, 4.69) is 9.89 Å². The smallest absolute Gasteiger partial charge is 0.303 e. The zero-order valence-electron chi connectivity index (χ0n) is 10.1. The number of nitrogens with zero attached hydrogens (tertiary/aromatic N) is 2. The highest BCUT2D eigenvalue weighted by atomic mass is 16.4. The Labute approximate surface area is 106 Å². The molecular formula is C13H17N3O2. The van der Waals surface area contributed by atoms with Crippen molar-refractivity contribution in [3.8, 4) is 0 Å². The van der Waals surface area contributed by atoms with Crippen molar-refractivity contribution in [2.45, 2.75) is 18.9 Å². The molecule has 0 saturated carbocycles. The Morgan fingerprint density at radius 2 is 2.39 bits per heavy atom. The van der Waals surface area contributed by atoms with Gasteiger partial charge in [0.1, 0.15) is 0 Å². The molecule has 0 aliphatic carbocycles. The number of rotatable bonds is 5. The largest absolute Gasteiger partial charge is 0.481 e. The van der Waals surface area contributed by atoms with E-state index in [9.17, 15) is 4.79 Å². The maximum atomic E-state index is 10.5. The first-order chi connectivity index (χ1) is 8.66. The predicted molar refractivity (Wildman–Crippen MR) is 70.9 cm³/mol. The van der Waals surface area contributed by atoms with E-state index in [0.29, 0.717) is 6.42 Å². The molecule has 2 rings (SSSR count). The van der Waals surface area contributed by atoms with E-state index in [1.807, 2.05) is 30.6 Å². The number of aliphatic imine (C=N–C) groups is 1. The molecule has 0 fully saturated rings. The van der Waals surface area contributed by atoms with Gasteiger partial charge in [-0.2, -0.15) is 0 Å². The van der Waals surface area contributed by atoms with E-state index in [1.165, 1.54) is 0 Å². The van der Waals surface area contributed by atoms with Crippen LogP contribution in [-0.2, 0) is 4.79 Å². The molecule has 96 valence electrons. The zero-order valence-corrected chi connectivity index (χ0v) is 10.1. The van der Waals surface area contributed by atoms with Crippen LogP contribution in [0.1, 0.15) is 24.4 Å². The van der Waals surface area contributed by atoms with Crippen LogP contribution in [0.2, 0.25) is 0 Å². The lowest BCUT2D eigenvalue weighted by atomic mass is 10.0. The average Bonchev–Trinajstić information content (AvgIpc) is 2.90. The number of aliphatic carboxylic acids is 1. The second-order valence-electron chi connectivity index (χ2n) is 4.35. The summed E-state index contributed by atoms with van der Waals surface area (Å²) in [7, 11) is 0. The van der Waals surface area contributed by atoms with Crippen LogP contribution in [0.5, 0.6) is 0 Å². The molecule has 1 unspecified atom stereocenters. The molecule has 1 aliphatic heterocycles. The number of benzene rings is 1. The van der Waals surface area contributed by atoms with Gasteiger partial charge < -0.3 is 15.7 Å². The van der Waals surface area contributed by atoms with Crippen LogP contribution in [0.4, 0.5) is 5.69 Å². The Bertz CT molecular complexity index is 459. The van der Waals surface area contributed by atoms with Gasteiger partial charge in [-0.3, -0.25) is 9.79 Å². The Morgan fingerprint density at radius 1 is 1.56 bits per heavy atom. The summed E-state index contributed by atoms with van der Waals surface area (Å²) in [4.78, 5) is 16.8. The number of carboxylic acids is 1. The molecular weight excluding hydrogens is 230 g/mol. The lowest BCUT2D eigenvalue weighted by Gasteiger charge is -2.17. The summed E-state index contributed by atoms with van der Waals surface area (Å²) in [6.07, 6.45) is 2.37. The number of hydrogen-bond acceptors (Lipinski definition) is 4. The fourth-order valence-electron chi connectivity index (χ4n) is 1.95. The zero-order chi connectivity index (χ0) is 13.0. The van der Waals surface area contributed by atoms with E-state index in [-0.39, 0.29) is 12.5 Å². The molecule has 3 N–H and O–H groups in total. The lowest BCUT2D eigenvalue weighted by Crippen LogP contribution is -2.19. The van der Waals surface area contributed by atoms with Crippen molar-refractivity contribution in [1.82, 2.24) is 0 Å². The van der Waals surface area contributed by atoms with Gasteiger partial charge >= 0.3 is 5.97 Å². The molecule has 1 heterocycles. The van der Waals surface area contributed by atoms with Gasteiger partial charge in [0, 0.05) is 24.7 Å². The summed E-state index contributed by atoms with van der Waals surface area (Å²) in [5, 5.41) is 8.66. The highest BCUT2D eigenvalue weighted by molar-refractivity contribution is 5.81. The van der Waals surface area contributed by atoms with Crippen LogP contribution in [0, 0.1) is 0 Å². The third-order valence-corrected chi connectivity index (χ3v) is 2.99. The molecule has 0 bridgehead atoms. The molecule has 1 aliphatic rings. The maximum Gasteiger partial charge on any atom is 0.303 e. The quantitative estimate of drug-likeness (QED) is 0.824. The predicted octanol–water partition coefficient (Wildman–Crippen LogP) is 1.40. The van der Waals surface area contributed by atoms with Gasteiger partial charge in [-0.15, -0.1) is 0 Å². The number of hydrogen-bond donors (Lipinski definition) is 2. The second kappa shape index (κ2) is 5.64. The topological polar surface area (TPSA) is 78.9 Å². The minimum absolute atomic E-state index is 0.0938. The fraction of sp³-hybridized carbons (Fsp3) is 0.385. The van der Waals surface area contributed by atoms with Crippen molar-refractivity contribution < 1.29 is 9.90 Å². The van der Waals surface area contributed by atoms with Gasteiger partial charge in [-0.25, -0.2) is 0 Å². The molecule has 0 spiro atoms. The Morgan fingerprint density at radius 3 is 3.06 bits per heavy atom. The summed E-state index contributed by atoms with van der Waals surface area (Å²) in [6, 6.07) is 7.65. The molecule has 0 amide bonds. The first-order valence-corrected chi connectivity index (χ1v) is 6.01. The van der Waals surface area contributed by atoms with Gasteiger partial charge in [0.25, 0.3) is 0 Å². The van der Waals surface area contributed by atoms with E-state index in [1.54, 1.807) is 0 Å². The molecule has 18 heavy (non-hydrogen) atoms. The summed E-state index contributed by atoms with van der Waals surface area (Å²) in [5.74, 6) is -0.812. The van der Waals surface area contributed by atoms with Crippen LogP contribution in [-0.4, -0.2) is 30.5 Å². The van der Waals surface area contributed by atoms with Crippen molar-refractivity contribution in [3.63, 3.8) is 0 Å². The minimum atomic E-state index is -0.812. The highest BCUT2D eigenvalue weighted by Gasteiger charge is 2.12. The summed E-state index contributed by atoms with van der Waals surface area (Å²) >= 11 is 0. The van der Waals surface area contributed by atoms with Gasteiger partial charge in [0.2, 0.25) is 0 Å². The average molecular weight is 247 g/mol. The molecule has 0 saturated heterocycles. The summed E-state index contributed by atoms with van der Waals surface area (Å²) in [6.45, 7) is 1.70. The standard InChI is InChI=1S/C13H17N3O2/c14-12(4-5-13(17)18)10-2-1-3-11(8-10)16-7-6-15-9-16/h1-3,8-9,12H,4-7,14H2,(H,17,18). The van der Waals surface area contributed by atoms with Crippen LogP contribution < -0.4 is 10.6 Å².